The van der Waals surface area contributed by atoms with Crippen molar-refractivity contribution in [3.63, 3.8) is 0 Å². The summed E-state index contributed by atoms with van der Waals surface area (Å²) in [6.07, 6.45) is 0.0152. The Hall–Kier alpha value is -3.87. The van der Waals surface area contributed by atoms with Crippen LogP contribution in [0.2, 0.25) is 0 Å². The molecular formula is C23H22N4O3. The van der Waals surface area contributed by atoms with Gasteiger partial charge in [0.15, 0.2) is 0 Å². The van der Waals surface area contributed by atoms with E-state index in [0.29, 0.717) is 23.0 Å². The molecular weight excluding hydrogens is 380 g/mol. The number of carbonyl (C=O) groups is 1. The number of aryl methyl sites for hydroxylation is 1. The lowest BCUT2D eigenvalue weighted by atomic mass is 10.2. The van der Waals surface area contributed by atoms with Crippen LogP contribution in [0, 0.1) is 13.8 Å². The molecule has 0 fully saturated rings. The Morgan fingerprint density at radius 3 is 2.33 bits per heavy atom. The first-order chi connectivity index (χ1) is 14.5. The standard InChI is InChI=1S/C23H22N4O3/c1-15-21(23(29)27(26(15)3)18-12-8-5-9-13-18)25-20(28)14-19-16(2)30-22(24-19)17-10-6-4-7-11-17/h4-13H,14H2,1-3H3,(H,25,28). The molecule has 0 aliphatic heterocycles. The molecule has 0 spiro atoms. The summed E-state index contributed by atoms with van der Waals surface area (Å²) < 4.78 is 8.97. The molecule has 30 heavy (non-hydrogen) atoms. The van der Waals surface area contributed by atoms with Gasteiger partial charge in [0.1, 0.15) is 11.4 Å². The average molecular weight is 402 g/mol. The number of anilines is 1. The Labute approximate surface area is 173 Å². The van der Waals surface area contributed by atoms with Crippen molar-refractivity contribution in [1.82, 2.24) is 14.3 Å². The first-order valence-electron chi connectivity index (χ1n) is 9.61. The van der Waals surface area contributed by atoms with Crippen LogP contribution in [-0.4, -0.2) is 20.3 Å². The number of para-hydroxylation sites is 1. The fourth-order valence-corrected chi connectivity index (χ4v) is 3.34. The van der Waals surface area contributed by atoms with Gasteiger partial charge in [-0.1, -0.05) is 36.4 Å². The molecule has 7 heteroatoms. The summed E-state index contributed by atoms with van der Waals surface area (Å²) in [7, 11) is 1.79. The van der Waals surface area contributed by atoms with Crippen molar-refractivity contribution < 1.29 is 9.21 Å². The number of carbonyl (C=O) groups excluding carboxylic acids is 1. The molecule has 0 aliphatic rings. The number of aromatic nitrogens is 3. The lowest BCUT2D eigenvalue weighted by molar-refractivity contribution is -0.115. The number of amides is 1. The highest BCUT2D eigenvalue weighted by Gasteiger charge is 2.20. The van der Waals surface area contributed by atoms with E-state index in [1.54, 1.807) is 25.6 Å². The molecule has 0 saturated carbocycles. The van der Waals surface area contributed by atoms with Crippen LogP contribution in [0.4, 0.5) is 5.69 Å². The topological polar surface area (TPSA) is 82.1 Å². The van der Waals surface area contributed by atoms with E-state index in [-0.39, 0.29) is 23.6 Å². The number of benzene rings is 2. The minimum atomic E-state index is -0.322. The molecule has 2 heterocycles. The summed E-state index contributed by atoms with van der Waals surface area (Å²) in [5, 5.41) is 2.76. The second-order valence-corrected chi connectivity index (χ2v) is 7.05. The Morgan fingerprint density at radius 1 is 1.03 bits per heavy atom. The normalized spacial score (nSPS) is 10.9. The first kappa shape index (κ1) is 19.4. The summed E-state index contributed by atoms with van der Waals surface area (Å²) in [6, 6.07) is 18.8. The fourth-order valence-electron chi connectivity index (χ4n) is 3.34. The number of oxazole rings is 1. The van der Waals surface area contributed by atoms with Gasteiger partial charge in [-0.15, -0.1) is 0 Å². The summed E-state index contributed by atoms with van der Waals surface area (Å²) in [5.41, 5.74) is 2.76. The molecule has 0 bridgehead atoms. The van der Waals surface area contributed by atoms with Crippen molar-refractivity contribution in [3.05, 3.63) is 88.2 Å². The van der Waals surface area contributed by atoms with E-state index >= 15 is 0 Å². The van der Waals surface area contributed by atoms with E-state index in [1.807, 2.05) is 60.7 Å². The number of hydrogen-bond donors (Lipinski definition) is 1. The first-order valence-corrected chi connectivity index (χ1v) is 9.61. The highest BCUT2D eigenvalue weighted by molar-refractivity contribution is 5.92. The van der Waals surface area contributed by atoms with Gasteiger partial charge >= 0.3 is 0 Å². The molecule has 1 N–H and O–H groups in total. The highest BCUT2D eigenvalue weighted by Crippen LogP contribution is 2.22. The van der Waals surface area contributed by atoms with E-state index in [2.05, 4.69) is 10.3 Å². The highest BCUT2D eigenvalue weighted by atomic mass is 16.4. The third-order valence-electron chi connectivity index (χ3n) is 5.06. The molecule has 2 aromatic carbocycles. The second kappa shape index (κ2) is 7.87. The van der Waals surface area contributed by atoms with E-state index in [9.17, 15) is 9.59 Å². The minimum absolute atomic E-state index is 0.0152. The monoisotopic (exact) mass is 402 g/mol. The summed E-state index contributed by atoms with van der Waals surface area (Å²) >= 11 is 0. The van der Waals surface area contributed by atoms with Gasteiger partial charge in [-0.25, -0.2) is 9.67 Å². The molecule has 1 amide bonds. The minimum Gasteiger partial charge on any atom is -0.441 e. The predicted molar refractivity (Wildman–Crippen MR) is 115 cm³/mol. The van der Waals surface area contributed by atoms with Gasteiger partial charge < -0.3 is 9.73 Å². The van der Waals surface area contributed by atoms with Gasteiger partial charge in [0, 0.05) is 12.6 Å². The van der Waals surface area contributed by atoms with Crippen molar-refractivity contribution in [2.75, 3.05) is 5.32 Å². The van der Waals surface area contributed by atoms with Crippen LogP contribution >= 0.6 is 0 Å². The van der Waals surface area contributed by atoms with Gasteiger partial charge in [-0.3, -0.25) is 14.3 Å². The van der Waals surface area contributed by atoms with Crippen LogP contribution in [0.1, 0.15) is 17.1 Å². The van der Waals surface area contributed by atoms with E-state index in [1.165, 1.54) is 4.68 Å². The van der Waals surface area contributed by atoms with Crippen LogP contribution in [0.15, 0.2) is 69.9 Å². The average Bonchev–Trinajstić information content (AvgIpc) is 3.22. The molecule has 0 unspecified atom stereocenters. The molecule has 2 aromatic heterocycles. The van der Waals surface area contributed by atoms with Gasteiger partial charge in [0.05, 0.1) is 23.5 Å². The molecule has 7 nitrogen and oxygen atoms in total. The van der Waals surface area contributed by atoms with E-state index < -0.39 is 0 Å². The number of nitrogens with one attached hydrogen (secondary N) is 1. The van der Waals surface area contributed by atoms with Crippen molar-refractivity contribution in [2.45, 2.75) is 20.3 Å². The Morgan fingerprint density at radius 2 is 1.67 bits per heavy atom. The van der Waals surface area contributed by atoms with Crippen molar-refractivity contribution in [2.24, 2.45) is 7.05 Å². The molecule has 4 rings (SSSR count). The lowest BCUT2D eigenvalue weighted by Gasteiger charge is -2.07. The van der Waals surface area contributed by atoms with E-state index in [0.717, 1.165) is 11.3 Å². The van der Waals surface area contributed by atoms with Gasteiger partial charge in [0.25, 0.3) is 5.56 Å². The van der Waals surface area contributed by atoms with E-state index in [4.69, 9.17) is 4.42 Å². The Balaban J connectivity index is 1.57. The zero-order valence-corrected chi connectivity index (χ0v) is 17.0. The largest absolute Gasteiger partial charge is 0.441 e. The maximum absolute atomic E-state index is 12.9. The maximum Gasteiger partial charge on any atom is 0.295 e. The molecule has 4 aromatic rings. The summed E-state index contributed by atoms with van der Waals surface area (Å²) in [5.74, 6) is 0.728. The number of nitrogens with zero attached hydrogens (tertiary/aromatic N) is 3. The van der Waals surface area contributed by atoms with Crippen LogP contribution in [0.3, 0.4) is 0 Å². The maximum atomic E-state index is 12.9. The zero-order chi connectivity index (χ0) is 21.3. The van der Waals surface area contributed by atoms with Crippen molar-refractivity contribution >= 4 is 11.6 Å². The molecule has 0 saturated heterocycles. The molecule has 152 valence electrons. The van der Waals surface area contributed by atoms with Crippen LogP contribution < -0.4 is 10.9 Å². The summed E-state index contributed by atoms with van der Waals surface area (Å²) in [6.45, 7) is 3.57. The lowest BCUT2D eigenvalue weighted by Crippen LogP contribution is -2.23. The Bertz CT molecular complexity index is 1250. The van der Waals surface area contributed by atoms with Gasteiger partial charge in [-0.05, 0) is 38.1 Å². The number of rotatable bonds is 5. The summed E-state index contributed by atoms with van der Waals surface area (Å²) in [4.78, 5) is 30.1. The Kier molecular flexibility index (Phi) is 5.10. The third-order valence-corrected chi connectivity index (χ3v) is 5.06. The van der Waals surface area contributed by atoms with Crippen LogP contribution in [0.25, 0.3) is 17.1 Å². The zero-order valence-electron chi connectivity index (χ0n) is 17.0. The SMILES string of the molecule is Cc1oc(-c2ccccc2)nc1CC(=O)Nc1c(C)n(C)n(-c2ccccc2)c1=O. The molecule has 0 atom stereocenters. The quantitative estimate of drug-likeness (QED) is 0.553. The second-order valence-electron chi connectivity index (χ2n) is 7.05. The molecule has 0 radical (unpaired) electrons. The molecule has 0 aliphatic carbocycles. The van der Waals surface area contributed by atoms with Crippen molar-refractivity contribution in [3.8, 4) is 17.1 Å². The van der Waals surface area contributed by atoms with Crippen LogP contribution in [0.5, 0.6) is 0 Å². The fraction of sp³-hybridized carbons (Fsp3) is 0.174. The van der Waals surface area contributed by atoms with Gasteiger partial charge in [-0.2, -0.15) is 0 Å². The van der Waals surface area contributed by atoms with Crippen molar-refractivity contribution in [1.29, 1.82) is 0 Å². The predicted octanol–water partition coefficient (Wildman–Crippen LogP) is 3.63. The number of hydrogen-bond acceptors (Lipinski definition) is 4. The van der Waals surface area contributed by atoms with Crippen LogP contribution in [-0.2, 0) is 18.3 Å². The smallest absolute Gasteiger partial charge is 0.295 e. The van der Waals surface area contributed by atoms with Gasteiger partial charge in [0.2, 0.25) is 11.8 Å². The third kappa shape index (κ3) is 3.57.